The largest absolute Gasteiger partial charge is 0.390 e. The van der Waals surface area contributed by atoms with Crippen molar-refractivity contribution in [3.05, 3.63) is 60.2 Å². The third-order valence-corrected chi connectivity index (χ3v) is 6.62. The van der Waals surface area contributed by atoms with Gasteiger partial charge in [-0.1, -0.05) is 6.07 Å². The maximum atomic E-state index is 10.4. The van der Waals surface area contributed by atoms with Gasteiger partial charge in [0, 0.05) is 36.4 Å². The van der Waals surface area contributed by atoms with Crippen molar-refractivity contribution in [1.29, 1.82) is 5.26 Å². The van der Waals surface area contributed by atoms with E-state index < -0.39 is 12.2 Å². The Labute approximate surface area is 207 Å². The van der Waals surface area contributed by atoms with Gasteiger partial charge in [-0.2, -0.15) is 5.26 Å². The van der Waals surface area contributed by atoms with Crippen molar-refractivity contribution in [3.8, 4) is 17.5 Å². The van der Waals surface area contributed by atoms with Crippen LogP contribution in [0.25, 0.3) is 22.3 Å². The Kier molecular flexibility index (Phi) is 5.64. The van der Waals surface area contributed by atoms with E-state index in [1.165, 1.54) is 0 Å². The van der Waals surface area contributed by atoms with Gasteiger partial charge in [0.15, 0.2) is 5.82 Å². The van der Waals surface area contributed by atoms with Crippen LogP contribution < -0.4 is 10.2 Å². The third kappa shape index (κ3) is 4.30. The van der Waals surface area contributed by atoms with Crippen LogP contribution in [0.5, 0.6) is 0 Å². The Morgan fingerprint density at radius 2 is 1.89 bits per heavy atom. The van der Waals surface area contributed by atoms with Crippen molar-refractivity contribution in [1.82, 2.24) is 24.9 Å². The molecule has 2 unspecified atom stereocenters. The summed E-state index contributed by atoms with van der Waals surface area (Å²) in [5.41, 5.74) is 2.94. The molecule has 0 radical (unpaired) electrons. The van der Waals surface area contributed by atoms with Crippen LogP contribution in [-0.2, 0) is 0 Å². The molecular formula is C26H24N8O2. The SMILES string of the molecule is N#Cc1cccc(Nc2cc(-c3nc(N4CCC(O)C(O)C4)c4c(C5CC5)cncc4n3)ccn2)n1. The van der Waals surface area contributed by atoms with Crippen molar-refractivity contribution in [2.75, 3.05) is 23.3 Å². The fraction of sp³-hybridized carbons (Fsp3) is 0.308. The molecule has 180 valence electrons. The van der Waals surface area contributed by atoms with E-state index >= 15 is 0 Å². The molecule has 0 aromatic carbocycles. The zero-order chi connectivity index (χ0) is 24.6. The van der Waals surface area contributed by atoms with E-state index in [1.54, 1.807) is 30.6 Å². The molecule has 1 aliphatic heterocycles. The van der Waals surface area contributed by atoms with Crippen LogP contribution in [0.1, 0.15) is 36.4 Å². The molecule has 10 nitrogen and oxygen atoms in total. The summed E-state index contributed by atoms with van der Waals surface area (Å²) >= 11 is 0. The summed E-state index contributed by atoms with van der Waals surface area (Å²) in [6.45, 7) is 0.878. The summed E-state index contributed by atoms with van der Waals surface area (Å²) in [7, 11) is 0. The molecule has 0 amide bonds. The van der Waals surface area contributed by atoms with E-state index in [0.717, 1.165) is 40.7 Å². The lowest BCUT2D eigenvalue weighted by molar-refractivity contribution is 0.00792. The topological polar surface area (TPSA) is 144 Å². The maximum absolute atomic E-state index is 10.4. The van der Waals surface area contributed by atoms with Gasteiger partial charge in [-0.25, -0.2) is 19.9 Å². The highest BCUT2D eigenvalue weighted by molar-refractivity contribution is 5.94. The second-order valence-corrected chi connectivity index (χ2v) is 9.21. The first-order valence-electron chi connectivity index (χ1n) is 12.0. The summed E-state index contributed by atoms with van der Waals surface area (Å²) in [6, 6.07) is 10.9. The number of nitrogens with zero attached hydrogens (tertiary/aromatic N) is 7. The third-order valence-electron chi connectivity index (χ3n) is 6.62. The Hall–Kier alpha value is -4.20. The molecule has 0 bridgehead atoms. The number of nitrogens with one attached hydrogen (secondary N) is 1. The maximum Gasteiger partial charge on any atom is 0.162 e. The first kappa shape index (κ1) is 22.3. The van der Waals surface area contributed by atoms with Crippen LogP contribution in [0.2, 0.25) is 0 Å². The van der Waals surface area contributed by atoms with Crippen LogP contribution >= 0.6 is 0 Å². The fourth-order valence-electron chi connectivity index (χ4n) is 4.60. The van der Waals surface area contributed by atoms with Gasteiger partial charge < -0.3 is 20.4 Å². The second-order valence-electron chi connectivity index (χ2n) is 9.21. The molecule has 4 aromatic heterocycles. The highest BCUT2D eigenvalue weighted by atomic mass is 16.3. The van der Waals surface area contributed by atoms with Gasteiger partial charge in [0.2, 0.25) is 0 Å². The van der Waals surface area contributed by atoms with Crippen LogP contribution in [0.15, 0.2) is 48.9 Å². The number of aliphatic hydroxyl groups excluding tert-OH is 2. The number of pyridine rings is 3. The van der Waals surface area contributed by atoms with E-state index in [-0.39, 0.29) is 0 Å². The normalized spacial score (nSPS) is 19.8. The van der Waals surface area contributed by atoms with Crippen molar-refractivity contribution in [3.63, 3.8) is 0 Å². The zero-order valence-corrected chi connectivity index (χ0v) is 19.4. The summed E-state index contributed by atoms with van der Waals surface area (Å²) in [5.74, 6) is 2.76. The average Bonchev–Trinajstić information content (AvgIpc) is 3.75. The first-order chi connectivity index (χ1) is 17.6. The summed E-state index contributed by atoms with van der Waals surface area (Å²) in [5, 5.41) is 33.7. The summed E-state index contributed by atoms with van der Waals surface area (Å²) < 4.78 is 0. The lowest BCUT2D eigenvalue weighted by Gasteiger charge is -2.35. The minimum absolute atomic E-state index is 0.295. The van der Waals surface area contributed by atoms with Crippen molar-refractivity contribution in [2.45, 2.75) is 37.4 Å². The monoisotopic (exact) mass is 480 g/mol. The molecule has 1 saturated carbocycles. The Morgan fingerprint density at radius 3 is 2.69 bits per heavy atom. The summed E-state index contributed by atoms with van der Waals surface area (Å²) in [4.78, 5) is 25.0. The zero-order valence-electron chi connectivity index (χ0n) is 19.4. The van der Waals surface area contributed by atoms with Crippen LogP contribution in [-0.4, -0.2) is 60.4 Å². The Bertz CT molecular complexity index is 1480. The number of aliphatic hydroxyl groups is 2. The van der Waals surface area contributed by atoms with Gasteiger partial charge in [0.25, 0.3) is 0 Å². The molecule has 6 rings (SSSR count). The average molecular weight is 481 g/mol. The highest BCUT2D eigenvalue weighted by Gasteiger charge is 2.32. The van der Waals surface area contributed by atoms with E-state index in [2.05, 4.69) is 20.3 Å². The molecule has 5 heterocycles. The molecule has 1 aliphatic carbocycles. The lowest BCUT2D eigenvalue weighted by atomic mass is 10.0. The number of rotatable bonds is 5. The number of piperidine rings is 1. The van der Waals surface area contributed by atoms with Gasteiger partial charge in [0.05, 0.1) is 23.9 Å². The predicted octanol–water partition coefficient (Wildman–Crippen LogP) is 2.91. The van der Waals surface area contributed by atoms with E-state index in [9.17, 15) is 10.2 Å². The number of nitriles is 1. The molecule has 10 heteroatoms. The summed E-state index contributed by atoms with van der Waals surface area (Å²) in [6.07, 6.45) is 6.43. The van der Waals surface area contributed by atoms with Gasteiger partial charge in [0.1, 0.15) is 29.2 Å². The van der Waals surface area contributed by atoms with Crippen LogP contribution in [0.3, 0.4) is 0 Å². The van der Waals surface area contributed by atoms with Crippen molar-refractivity contribution < 1.29 is 10.2 Å². The smallest absolute Gasteiger partial charge is 0.162 e. The quantitative estimate of drug-likeness (QED) is 0.390. The fourth-order valence-corrected chi connectivity index (χ4v) is 4.60. The van der Waals surface area contributed by atoms with Crippen molar-refractivity contribution in [2.24, 2.45) is 0 Å². The molecule has 2 fully saturated rings. The number of fused-ring (bicyclic) bond motifs is 1. The molecule has 0 spiro atoms. The molecule has 3 N–H and O–H groups in total. The standard InChI is InChI=1S/C26H24N8O2/c27-11-17-2-1-3-22(30-17)32-23-10-16(6-8-29-23)25-31-19-13-28-12-18(15-4-5-15)24(19)26(33-25)34-9-7-20(35)21(36)14-34/h1-3,6,8,10,12-13,15,20-21,35-36H,4-5,7,9,14H2,(H,29,30,32). The number of hydrogen-bond donors (Lipinski definition) is 3. The van der Waals surface area contributed by atoms with E-state index in [4.69, 9.17) is 15.2 Å². The minimum Gasteiger partial charge on any atom is -0.390 e. The minimum atomic E-state index is -0.841. The van der Waals surface area contributed by atoms with E-state index in [1.807, 2.05) is 29.3 Å². The molecule has 2 atom stereocenters. The van der Waals surface area contributed by atoms with Gasteiger partial charge in [-0.05, 0) is 55.0 Å². The lowest BCUT2D eigenvalue weighted by Crippen LogP contribution is -2.47. The van der Waals surface area contributed by atoms with Crippen LogP contribution in [0.4, 0.5) is 17.5 Å². The molecular weight excluding hydrogens is 456 g/mol. The number of aromatic nitrogens is 5. The van der Waals surface area contributed by atoms with Crippen LogP contribution in [0, 0.1) is 11.3 Å². The van der Waals surface area contributed by atoms with Gasteiger partial charge in [-0.3, -0.25) is 4.98 Å². The van der Waals surface area contributed by atoms with E-state index in [0.29, 0.717) is 48.6 Å². The number of hydrogen-bond acceptors (Lipinski definition) is 10. The molecule has 4 aromatic rings. The predicted molar refractivity (Wildman–Crippen MR) is 134 cm³/mol. The highest BCUT2D eigenvalue weighted by Crippen LogP contribution is 2.45. The van der Waals surface area contributed by atoms with Gasteiger partial charge in [-0.15, -0.1) is 0 Å². The Morgan fingerprint density at radius 1 is 1.00 bits per heavy atom. The number of anilines is 3. The second kappa shape index (κ2) is 9.11. The number of β-amino-alcohol motifs (C(OH)–C–C–N with tert-alkyl or cyclic N) is 1. The molecule has 1 saturated heterocycles. The Balaban J connectivity index is 1.42. The van der Waals surface area contributed by atoms with Crippen molar-refractivity contribution >= 4 is 28.4 Å². The molecule has 36 heavy (non-hydrogen) atoms. The van der Waals surface area contributed by atoms with Gasteiger partial charge >= 0.3 is 0 Å². The molecule has 2 aliphatic rings. The first-order valence-corrected chi connectivity index (χ1v) is 12.0.